The highest BCUT2D eigenvalue weighted by molar-refractivity contribution is 7.17. The molecule has 0 radical (unpaired) electrons. The van der Waals surface area contributed by atoms with E-state index in [1.165, 1.54) is 22.2 Å². The second-order valence-electron chi connectivity index (χ2n) is 7.07. The molecular formula is C23H21N3O2S. The molecule has 2 aromatic carbocycles. The van der Waals surface area contributed by atoms with Crippen LogP contribution in [-0.4, -0.2) is 15.5 Å². The molecule has 0 fully saturated rings. The van der Waals surface area contributed by atoms with Crippen LogP contribution >= 0.6 is 11.3 Å². The number of nitrogens with one attached hydrogen (secondary N) is 1. The van der Waals surface area contributed by atoms with E-state index >= 15 is 0 Å². The van der Waals surface area contributed by atoms with Crippen molar-refractivity contribution in [2.45, 2.75) is 26.8 Å². The standard InChI is InChI=1S/C23H21N3O2S/c1-14-8-7-11-19(15(14)2)25-21(27)16(3)26-13-24-22-20(23(26)28)18(12-29-22)17-9-5-4-6-10-17/h4-13,16H,1-3H3,(H,25,27)/t16-/m0/s1. The summed E-state index contributed by atoms with van der Waals surface area (Å²) in [5, 5.41) is 5.44. The van der Waals surface area contributed by atoms with E-state index in [0.717, 1.165) is 27.9 Å². The lowest BCUT2D eigenvalue weighted by Gasteiger charge is -2.16. The van der Waals surface area contributed by atoms with Gasteiger partial charge in [0.2, 0.25) is 5.91 Å². The molecule has 2 aromatic heterocycles. The molecule has 0 saturated carbocycles. The van der Waals surface area contributed by atoms with Crippen molar-refractivity contribution in [1.82, 2.24) is 9.55 Å². The number of anilines is 1. The number of thiophene rings is 1. The maximum atomic E-state index is 13.3. The Hall–Kier alpha value is -3.25. The fourth-order valence-electron chi connectivity index (χ4n) is 3.30. The van der Waals surface area contributed by atoms with Gasteiger partial charge in [-0.05, 0) is 43.5 Å². The zero-order valence-corrected chi connectivity index (χ0v) is 17.3. The van der Waals surface area contributed by atoms with Crippen LogP contribution in [0.25, 0.3) is 21.3 Å². The molecule has 0 unspecified atom stereocenters. The van der Waals surface area contributed by atoms with Crippen LogP contribution in [0.4, 0.5) is 5.69 Å². The Balaban J connectivity index is 1.72. The summed E-state index contributed by atoms with van der Waals surface area (Å²) in [6, 6.07) is 14.8. The number of benzene rings is 2. The molecule has 5 nitrogen and oxygen atoms in total. The van der Waals surface area contributed by atoms with Crippen LogP contribution in [0.15, 0.2) is 65.0 Å². The number of aryl methyl sites for hydroxylation is 1. The molecule has 4 aromatic rings. The quantitative estimate of drug-likeness (QED) is 0.525. The Kier molecular flexibility index (Phi) is 5.03. The lowest BCUT2D eigenvalue weighted by Crippen LogP contribution is -2.32. The Morgan fingerprint density at radius 3 is 2.62 bits per heavy atom. The first-order chi connectivity index (χ1) is 14.0. The summed E-state index contributed by atoms with van der Waals surface area (Å²) in [6.07, 6.45) is 1.46. The third-order valence-electron chi connectivity index (χ3n) is 5.26. The van der Waals surface area contributed by atoms with Gasteiger partial charge < -0.3 is 5.32 Å². The van der Waals surface area contributed by atoms with Crippen LogP contribution in [-0.2, 0) is 4.79 Å². The minimum absolute atomic E-state index is 0.210. The topological polar surface area (TPSA) is 64.0 Å². The van der Waals surface area contributed by atoms with E-state index in [9.17, 15) is 9.59 Å². The summed E-state index contributed by atoms with van der Waals surface area (Å²) in [7, 11) is 0. The molecule has 0 aliphatic carbocycles. The smallest absolute Gasteiger partial charge is 0.263 e. The van der Waals surface area contributed by atoms with E-state index in [-0.39, 0.29) is 11.5 Å². The van der Waals surface area contributed by atoms with Gasteiger partial charge in [-0.3, -0.25) is 14.2 Å². The van der Waals surface area contributed by atoms with Gasteiger partial charge in [0.25, 0.3) is 5.56 Å². The number of aromatic nitrogens is 2. The average Bonchev–Trinajstić information content (AvgIpc) is 3.17. The maximum Gasteiger partial charge on any atom is 0.263 e. The van der Waals surface area contributed by atoms with Crippen LogP contribution in [0.5, 0.6) is 0 Å². The molecule has 0 aliphatic heterocycles. The molecule has 2 heterocycles. The number of carbonyl (C=O) groups is 1. The van der Waals surface area contributed by atoms with Gasteiger partial charge in [0.05, 0.1) is 11.7 Å². The number of hydrogen-bond donors (Lipinski definition) is 1. The number of rotatable bonds is 4. The van der Waals surface area contributed by atoms with E-state index in [2.05, 4.69) is 10.3 Å². The predicted molar refractivity (Wildman–Crippen MR) is 119 cm³/mol. The Morgan fingerprint density at radius 1 is 1.10 bits per heavy atom. The summed E-state index contributed by atoms with van der Waals surface area (Å²) in [5.41, 5.74) is 4.46. The molecule has 1 atom stereocenters. The van der Waals surface area contributed by atoms with Gasteiger partial charge in [-0.15, -0.1) is 11.3 Å². The molecule has 0 saturated heterocycles. The number of carbonyl (C=O) groups excluding carboxylic acids is 1. The van der Waals surface area contributed by atoms with Crippen molar-refractivity contribution in [3.63, 3.8) is 0 Å². The molecule has 1 N–H and O–H groups in total. The molecule has 4 rings (SSSR count). The van der Waals surface area contributed by atoms with Crippen LogP contribution in [0.2, 0.25) is 0 Å². The molecular weight excluding hydrogens is 382 g/mol. The average molecular weight is 404 g/mol. The highest BCUT2D eigenvalue weighted by Gasteiger charge is 2.21. The minimum atomic E-state index is -0.692. The largest absolute Gasteiger partial charge is 0.324 e. The normalized spacial score (nSPS) is 12.1. The zero-order chi connectivity index (χ0) is 20.5. The highest BCUT2D eigenvalue weighted by Crippen LogP contribution is 2.30. The molecule has 0 spiro atoms. The number of amides is 1. The predicted octanol–water partition coefficient (Wildman–Crippen LogP) is 4.94. The second-order valence-corrected chi connectivity index (χ2v) is 7.92. The van der Waals surface area contributed by atoms with Gasteiger partial charge in [0.15, 0.2) is 0 Å². The van der Waals surface area contributed by atoms with Crippen molar-refractivity contribution in [2.75, 3.05) is 5.32 Å². The molecule has 0 bridgehead atoms. The summed E-state index contributed by atoms with van der Waals surface area (Å²) in [4.78, 5) is 31.2. The van der Waals surface area contributed by atoms with E-state index < -0.39 is 6.04 Å². The van der Waals surface area contributed by atoms with E-state index in [4.69, 9.17) is 0 Å². The first-order valence-corrected chi connectivity index (χ1v) is 10.3. The van der Waals surface area contributed by atoms with Gasteiger partial charge in [-0.25, -0.2) is 4.98 Å². The van der Waals surface area contributed by atoms with Crippen LogP contribution in [0.1, 0.15) is 24.1 Å². The van der Waals surface area contributed by atoms with Crippen LogP contribution in [0.3, 0.4) is 0 Å². The lowest BCUT2D eigenvalue weighted by molar-refractivity contribution is -0.118. The van der Waals surface area contributed by atoms with E-state index in [1.807, 2.05) is 67.8 Å². The summed E-state index contributed by atoms with van der Waals surface area (Å²) < 4.78 is 1.40. The van der Waals surface area contributed by atoms with E-state index in [1.54, 1.807) is 6.92 Å². The fourth-order valence-corrected chi connectivity index (χ4v) is 4.21. The van der Waals surface area contributed by atoms with Gasteiger partial charge in [-0.1, -0.05) is 42.5 Å². The first kappa shape index (κ1) is 19.1. The van der Waals surface area contributed by atoms with Crippen molar-refractivity contribution < 1.29 is 4.79 Å². The molecule has 29 heavy (non-hydrogen) atoms. The monoisotopic (exact) mass is 403 g/mol. The van der Waals surface area contributed by atoms with Crippen molar-refractivity contribution >= 4 is 33.1 Å². The van der Waals surface area contributed by atoms with Gasteiger partial charge in [0.1, 0.15) is 10.9 Å². The van der Waals surface area contributed by atoms with Crippen molar-refractivity contribution in [1.29, 1.82) is 0 Å². The van der Waals surface area contributed by atoms with Crippen molar-refractivity contribution in [3.8, 4) is 11.1 Å². The number of nitrogens with zero attached hydrogens (tertiary/aromatic N) is 2. The molecule has 1 amide bonds. The Morgan fingerprint density at radius 2 is 1.86 bits per heavy atom. The van der Waals surface area contributed by atoms with Gasteiger partial charge >= 0.3 is 0 Å². The summed E-state index contributed by atoms with van der Waals surface area (Å²) in [6.45, 7) is 5.68. The number of fused-ring (bicyclic) bond motifs is 1. The molecule has 0 aliphatic rings. The first-order valence-electron chi connectivity index (χ1n) is 9.38. The minimum Gasteiger partial charge on any atom is -0.324 e. The second kappa shape index (κ2) is 7.64. The van der Waals surface area contributed by atoms with Gasteiger partial charge in [0, 0.05) is 16.6 Å². The molecule has 146 valence electrons. The summed E-state index contributed by atoms with van der Waals surface area (Å²) >= 11 is 1.43. The third kappa shape index (κ3) is 3.47. The lowest BCUT2D eigenvalue weighted by atomic mass is 10.1. The summed E-state index contributed by atoms with van der Waals surface area (Å²) in [5.74, 6) is -0.251. The maximum absolute atomic E-state index is 13.3. The Labute approximate surface area is 172 Å². The van der Waals surface area contributed by atoms with Crippen molar-refractivity contribution in [2.24, 2.45) is 0 Å². The number of hydrogen-bond acceptors (Lipinski definition) is 4. The third-order valence-corrected chi connectivity index (χ3v) is 6.15. The Bertz CT molecular complexity index is 1260. The molecule has 6 heteroatoms. The zero-order valence-electron chi connectivity index (χ0n) is 16.5. The van der Waals surface area contributed by atoms with Crippen molar-refractivity contribution in [3.05, 3.63) is 81.7 Å². The SMILES string of the molecule is Cc1cccc(NC(=O)[C@H](C)n2cnc3scc(-c4ccccc4)c3c2=O)c1C. The van der Waals surface area contributed by atoms with E-state index in [0.29, 0.717) is 10.2 Å². The van der Waals surface area contributed by atoms with Crippen LogP contribution < -0.4 is 10.9 Å². The highest BCUT2D eigenvalue weighted by atomic mass is 32.1. The van der Waals surface area contributed by atoms with Gasteiger partial charge in [-0.2, -0.15) is 0 Å². The van der Waals surface area contributed by atoms with Crippen LogP contribution in [0, 0.1) is 13.8 Å². The fraction of sp³-hybridized carbons (Fsp3) is 0.174.